The van der Waals surface area contributed by atoms with Crippen molar-refractivity contribution >= 4 is 28.8 Å². The smallest absolute Gasteiger partial charge is 0.267 e. The number of carbonyl (C=O) groups is 1. The van der Waals surface area contributed by atoms with Crippen LogP contribution in [0.3, 0.4) is 0 Å². The SMILES string of the molecule is Cn1cc(-c2cc(C(N)=O)nc(N)c2C=N)c2cc(OCC3CCNCC3)ccc21. The minimum atomic E-state index is -0.661. The third-order valence-corrected chi connectivity index (χ3v) is 5.68. The van der Waals surface area contributed by atoms with E-state index in [9.17, 15) is 4.79 Å². The Kier molecular flexibility index (Phi) is 5.41. The van der Waals surface area contributed by atoms with Crippen molar-refractivity contribution in [2.45, 2.75) is 12.8 Å². The molecule has 1 amide bonds. The van der Waals surface area contributed by atoms with Crippen molar-refractivity contribution in [3.8, 4) is 16.9 Å². The normalized spacial score (nSPS) is 14.7. The number of rotatable bonds is 6. The van der Waals surface area contributed by atoms with Crippen LogP contribution < -0.4 is 21.5 Å². The van der Waals surface area contributed by atoms with Crippen molar-refractivity contribution in [1.82, 2.24) is 14.9 Å². The number of nitrogens with zero attached hydrogens (tertiary/aromatic N) is 2. The fourth-order valence-electron chi connectivity index (χ4n) is 4.01. The van der Waals surface area contributed by atoms with Crippen LogP contribution in [0.15, 0.2) is 30.5 Å². The van der Waals surface area contributed by atoms with Crippen LogP contribution in [-0.4, -0.2) is 41.4 Å². The van der Waals surface area contributed by atoms with Gasteiger partial charge in [-0.05, 0) is 61.7 Å². The Hall–Kier alpha value is -3.39. The highest BCUT2D eigenvalue weighted by atomic mass is 16.5. The first-order chi connectivity index (χ1) is 14.5. The quantitative estimate of drug-likeness (QED) is 0.466. The van der Waals surface area contributed by atoms with Gasteiger partial charge in [-0.3, -0.25) is 4.79 Å². The lowest BCUT2D eigenvalue weighted by atomic mass is 9.99. The summed E-state index contributed by atoms with van der Waals surface area (Å²) in [6.07, 6.45) is 5.34. The van der Waals surface area contributed by atoms with Crippen molar-refractivity contribution in [1.29, 1.82) is 5.41 Å². The number of piperidine rings is 1. The fourth-order valence-corrected chi connectivity index (χ4v) is 4.01. The Balaban J connectivity index is 1.76. The maximum absolute atomic E-state index is 11.7. The number of benzene rings is 1. The number of aromatic nitrogens is 2. The largest absolute Gasteiger partial charge is 0.493 e. The van der Waals surface area contributed by atoms with E-state index >= 15 is 0 Å². The van der Waals surface area contributed by atoms with Crippen molar-refractivity contribution in [3.63, 3.8) is 0 Å². The molecule has 4 rings (SSSR count). The second-order valence-electron chi connectivity index (χ2n) is 7.70. The molecule has 30 heavy (non-hydrogen) atoms. The Morgan fingerprint density at radius 3 is 2.80 bits per heavy atom. The monoisotopic (exact) mass is 406 g/mol. The van der Waals surface area contributed by atoms with Gasteiger partial charge in [0, 0.05) is 41.5 Å². The van der Waals surface area contributed by atoms with Crippen molar-refractivity contribution in [3.05, 3.63) is 41.7 Å². The van der Waals surface area contributed by atoms with E-state index in [-0.39, 0.29) is 11.5 Å². The number of anilines is 1. The number of nitrogen functional groups attached to an aromatic ring is 1. The first-order valence-electron chi connectivity index (χ1n) is 10.0. The standard InChI is InChI=1S/C22H26N6O2/c1-28-11-18(15-9-19(22(25)29)27-21(24)17(15)10-23)16-8-14(2-3-20(16)28)30-12-13-4-6-26-7-5-13/h2-3,8-11,13,23,26H,4-7,12H2,1H3,(H2,24,27)(H2,25,29). The molecule has 0 aliphatic carbocycles. The van der Waals surface area contributed by atoms with Crippen molar-refractivity contribution in [2.75, 3.05) is 25.4 Å². The van der Waals surface area contributed by atoms with Crippen LogP contribution in [0.4, 0.5) is 5.82 Å². The highest BCUT2D eigenvalue weighted by molar-refractivity contribution is 6.05. The molecular formula is C22H26N6O2. The second kappa shape index (κ2) is 8.16. The molecule has 0 bridgehead atoms. The molecule has 6 N–H and O–H groups in total. The predicted molar refractivity (Wildman–Crippen MR) is 118 cm³/mol. The first kappa shape index (κ1) is 19.9. The van der Waals surface area contributed by atoms with Crippen LogP contribution in [0, 0.1) is 11.3 Å². The lowest BCUT2D eigenvalue weighted by Gasteiger charge is -2.22. The first-order valence-corrected chi connectivity index (χ1v) is 10.0. The summed E-state index contributed by atoms with van der Waals surface area (Å²) in [4.78, 5) is 15.7. The summed E-state index contributed by atoms with van der Waals surface area (Å²) in [5.41, 5.74) is 14.5. The van der Waals surface area contributed by atoms with Gasteiger partial charge in [-0.15, -0.1) is 0 Å². The van der Waals surface area contributed by atoms with Gasteiger partial charge in [0.2, 0.25) is 0 Å². The maximum atomic E-state index is 11.7. The number of fused-ring (bicyclic) bond motifs is 1. The van der Waals surface area contributed by atoms with E-state index in [4.69, 9.17) is 21.6 Å². The minimum absolute atomic E-state index is 0.0726. The molecule has 156 valence electrons. The van der Waals surface area contributed by atoms with Crippen LogP contribution in [0.1, 0.15) is 28.9 Å². The zero-order valence-corrected chi connectivity index (χ0v) is 16.9. The number of aryl methyl sites for hydroxylation is 1. The number of pyridine rings is 1. The molecule has 8 heteroatoms. The Labute approximate surface area is 174 Å². The van der Waals surface area contributed by atoms with Crippen LogP contribution in [0.2, 0.25) is 0 Å². The van der Waals surface area contributed by atoms with E-state index in [1.165, 1.54) is 0 Å². The van der Waals surface area contributed by atoms with Crippen LogP contribution in [0.25, 0.3) is 22.0 Å². The van der Waals surface area contributed by atoms with Crippen molar-refractivity contribution < 1.29 is 9.53 Å². The molecule has 1 aliphatic rings. The summed E-state index contributed by atoms with van der Waals surface area (Å²) in [7, 11) is 1.95. The van der Waals surface area contributed by atoms with Crippen LogP contribution >= 0.6 is 0 Å². The fraction of sp³-hybridized carbons (Fsp3) is 0.318. The van der Waals surface area contributed by atoms with E-state index in [1.807, 2.05) is 36.0 Å². The van der Waals surface area contributed by atoms with E-state index in [2.05, 4.69) is 10.3 Å². The third-order valence-electron chi connectivity index (χ3n) is 5.68. The lowest BCUT2D eigenvalue weighted by molar-refractivity contribution is 0.0995. The predicted octanol–water partition coefficient (Wildman–Crippen LogP) is 2.30. The molecule has 1 saturated heterocycles. The molecule has 0 saturated carbocycles. The van der Waals surface area contributed by atoms with Gasteiger partial charge in [0.1, 0.15) is 17.3 Å². The highest BCUT2D eigenvalue weighted by Gasteiger charge is 2.18. The van der Waals surface area contributed by atoms with E-state index < -0.39 is 5.91 Å². The molecule has 2 aromatic heterocycles. The van der Waals surface area contributed by atoms with Gasteiger partial charge >= 0.3 is 0 Å². The van der Waals surface area contributed by atoms with E-state index in [0.29, 0.717) is 23.7 Å². The van der Waals surface area contributed by atoms with E-state index in [1.54, 1.807) is 6.07 Å². The number of carbonyl (C=O) groups excluding carboxylic acids is 1. The van der Waals surface area contributed by atoms with Crippen molar-refractivity contribution in [2.24, 2.45) is 18.7 Å². The molecule has 1 aromatic carbocycles. The third kappa shape index (κ3) is 3.73. The second-order valence-corrected chi connectivity index (χ2v) is 7.70. The van der Waals surface area contributed by atoms with Crippen LogP contribution in [0.5, 0.6) is 5.75 Å². The number of amides is 1. The number of hydrogen-bond acceptors (Lipinski definition) is 6. The van der Waals surface area contributed by atoms with Gasteiger partial charge in [-0.25, -0.2) is 4.98 Å². The molecule has 1 aliphatic heterocycles. The number of primary amides is 1. The zero-order chi connectivity index (χ0) is 21.3. The topological polar surface area (TPSA) is 132 Å². The summed E-state index contributed by atoms with van der Waals surface area (Å²) < 4.78 is 8.10. The Morgan fingerprint density at radius 1 is 1.33 bits per heavy atom. The summed E-state index contributed by atoms with van der Waals surface area (Å²) in [5.74, 6) is 0.791. The van der Waals surface area contributed by atoms with Gasteiger partial charge in [-0.1, -0.05) is 0 Å². The molecular weight excluding hydrogens is 380 g/mol. The van der Waals surface area contributed by atoms with Gasteiger partial charge < -0.3 is 31.5 Å². The molecule has 3 heterocycles. The van der Waals surface area contributed by atoms with Gasteiger partial charge in [0.15, 0.2) is 0 Å². The molecule has 3 aromatic rings. The number of ether oxygens (including phenoxy) is 1. The molecule has 0 atom stereocenters. The lowest BCUT2D eigenvalue weighted by Crippen LogP contribution is -2.30. The average molecular weight is 406 g/mol. The average Bonchev–Trinajstić information content (AvgIpc) is 3.08. The summed E-state index contributed by atoms with van der Waals surface area (Å²) in [6, 6.07) is 7.58. The summed E-state index contributed by atoms with van der Waals surface area (Å²) in [5, 5.41) is 12.1. The molecule has 1 fully saturated rings. The molecule has 8 nitrogen and oxygen atoms in total. The Bertz CT molecular complexity index is 1110. The molecule has 0 radical (unpaired) electrons. The maximum Gasteiger partial charge on any atom is 0.267 e. The van der Waals surface area contributed by atoms with Gasteiger partial charge in [0.05, 0.1) is 6.61 Å². The summed E-state index contributed by atoms with van der Waals surface area (Å²) in [6.45, 7) is 2.76. The van der Waals surface area contributed by atoms with Crippen LogP contribution in [-0.2, 0) is 7.05 Å². The molecule has 0 unspecified atom stereocenters. The molecule has 0 spiro atoms. The van der Waals surface area contributed by atoms with Gasteiger partial charge in [0.25, 0.3) is 5.91 Å². The summed E-state index contributed by atoms with van der Waals surface area (Å²) >= 11 is 0. The number of hydrogen-bond donors (Lipinski definition) is 4. The van der Waals surface area contributed by atoms with E-state index in [0.717, 1.165) is 54.4 Å². The minimum Gasteiger partial charge on any atom is -0.493 e. The Morgan fingerprint density at radius 2 is 2.10 bits per heavy atom. The van der Waals surface area contributed by atoms with Gasteiger partial charge in [-0.2, -0.15) is 0 Å². The number of nitrogens with one attached hydrogen (secondary N) is 2. The number of nitrogens with two attached hydrogens (primary N) is 2. The highest BCUT2D eigenvalue weighted by Crippen LogP contribution is 2.36. The zero-order valence-electron chi connectivity index (χ0n) is 16.9.